The van der Waals surface area contributed by atoms with Crippen LogP contribution in [0.4, 0.5) is 4.79 Å². The number of carbonyl (C=O) groups is 4. The van der Waals surface area contributed by atoms with Crippen LogP contribution in [-0.4, -0.2) is 87.1 Å². The highest BCUT2D eigenvalue weighted by atomic mass is 16.4. The van der Waals surface area contributed by atoms with Gasteiger partial charge in [-0.15, -0.1) is 6.42 Å². The minimum atomic E-state index is -1.04. The number of carboxylic acids is 1. The van der Waals surface area contributed by atoms with E-state index < -0.39 is 24.2 Å². The van der Waals surface area contributed by atoms with Crippen LogP contribution in [0.15, 0.2) is 30.3 Å². The Morgan fingerprint density at radius 2 is 1.84 bits per heavy atom. The van der Waals surface area contributed by atoms with E-state index in [1.54, 1.807) is 4.90 Å². The fraction of sp³-hybridized carbons (Fsp3) is 0.556. The molecule has 2 aliphatic heterocycles. The first kappa shape index (κ1) is 26.5. The van der Waals surface area contributed by atoms with Gasteiger partial charge in [0.2, 0.25) is 11.8 Å². The molecule has 0 radical (unpaired) electrons. The molecule has 4 amide bonds. The van der Waals surface area contributed by atoms with E-state index in [-0.39, 0.29) is 50.8 Å². The van der Waals surface area contributed by atoms with E-state index in [2.05, 4.69) is 11.2 Å². The monoisotopic (exact) mass is 509 g/mol. The highest BCUT2D eigenvalue weighted by Crippen LogP contribution is 2.31. The molecule has 0 spiro atoms. The SMILES string of the molecule is C#CCN1CC(=O)N2[C@@H](CCC(=O)O)C(=O)N(CC3CCCCC3)C[C@@H]2N1C(=O)NCc1ccccc1. The summed E-state index contributed by atoms with van der Waals surface area (Å²) in [5.41, 5.74) is 0.918. The van der Waals surface area contributed by atoms with Gasteiger partial charge in [0.25, 0.3) is 0 Å². The number of hydrogen-bond acceptors (Lipinski definition) is 5. The van der Waals surface area contributed by atoms with E-state index in [1.807, 2.05) is 30.3 Å². The number of amides is 4. The van der Waals surface area contributed by atoms with Gasteiger partial charge in [0.05, 0.1) is 19.6 Å². The second-order valence-corrected chi connectivity index (χ2v) is 9.99. The number of urea groups is 1. The lowest BCUT2D eigenvalue weighted by molar-refractivity contribution is -0.190. The van der Waals surface area contributed by atoms with Crippen LogP contribution in [0, 0.1) is 18.3 Å². The van der Waals surface area contributed by atoms with Gasteiger partial charge in [-0.25, -0.2) is 9.80 Å². The Bertz CT molecular complexity index is 1040. The van der Waals surface area contributed by atoms with Gasteiger partial charge in [0.1, 0.15) is 12.2 Å². The molecule has 2 saturated heterocycles. The number of nitrogens with zero attached hydrogens (tertiary/aromatic N) is 4. The van der Waals surface area contributed by atoms with Gasteiger partial charge < -0.3 is 20.2 Å². The van der Waals surface area contributed by atoms with Gasteiger partial charge in [-0.05, 0) is 30.7 Å². The zero-order valence-corrected chi connectivity index (χ0v) is 21.1. The number of carboxylic acid groups (broad SMARTS) is 1. The number of nitrogens with one attached hydrogen (secondary N) is 1. The maximum absolute atomic E-state index is 13.6. The summed E-state index contributed by atoms with van der Waals surface area (Å²) in [5.74, 6) is 1.26. The third-order valence-corrected chi connectivity index (χ3v) is 7.43. The molecule has 0 unspecified atom stereocenters. The van der Waals surface area contributed by atoms with Crippen molar-refractivity contribution in [3.63, 3.8) is 0 Å². The molecule has 10 nitrogen and oxygen atoms in total. The molecular formula is C27H35N5O5. The van der Waals surface area contributed by atoms with E-state index in [4.69, 9.17) is 6.42 Å². The van der Waals surface area contributed by atoms with Crippen LogP contribution in [-0.2, 0) is 20.9 Å². The smallest absolute Gasteiger partial charge is 0.334 e. The second kappa shape index (κ2) is 12.1. The summed E-state index contributed by atoms with van der Waals surface area (Å²) >= 11 is 0. The van der Waals surface area contributed by atoms with E-state index in [0.717, 1.165) is 31.2 Å². The van der Waals surface area contributed by atoms with E-state index >= 15 is 0 Å². The lowest BCUT2D eigenvalue weighted by Gasteiger charge is -2.55. The van der Waals surface area contributed by atoms with Crippen molar-refractivity contribution in [2.75, 3.05) is 26.2 Å². The Labute approximate surface area is 217 Å². The van der Waals surface area contributed by atoms with Gasteiger partial charge >= 0.3 is 12.0 Å². The molecule has 10 heteroatoms. The molecular weight excluding hydrogens is 474 g/mol. The quantitative estimate of drug-likeness (QED) is 0.518. The highest BCUT2D eigenvalue weighted by Gasteiger charge is 2.51. The Kier molecular flexibility index (Phi) is 8.66. The lowest BCUT2D eigenvalue weighted by Crippen LogP contribution is -2.76. The first-order chi connectivity index (χ1) is 17.9. The first-order valence-electron chi connectivity index (χ1n) is 13.0. The largest absolute Gasteiger partial charge is 0.481 e. The number of hydrogen-bond donors (Lipinski definition) is 2. The minimum absolute atomic E-state index is 0.00775. The molecule has 0 bridgehead atoms. The molecule has 4 rings (SSSR count). The molecule has 37 heavy (non-hydrogen) atoms. The van der Waals surface area contributed by atoms with E-state index in [1.165, 1.54) is 21.3 Å². The molecule has 1 aliphatic carbocycles. The summed E-state index contributed by atoms with van der Waals surface area (Å²) in [4.78, 5) is 54.9. The van der Waals surface area contributed by atoms with Crippen LogP contribution in [0.2, 0.25) is 0 Å². The van der Waals surface area contributed by atoms with Crippen molar-refractivity contribution in [1.82, 2.24) is 25.1 Å². The molecule has 198 valence electrons. The summed E-state index contributed by atoms with van der Waals surface area (Å²) in [6, 6.07) is 8.10. The molecule has 2 heterocycles. The van der Waals surface area contributed by atoms with Crippen molar-refractivity contribution in [1.29, 1.82) is 0 Å². The highest BCUT2D eigenvalue weighted by molar-refractivity contribution is 5.91. The third kappa shape index (κ3) is 6.23. The van der Waals surface area contributed by atoms with Crippen LogP contribution in [0.25, 0.3) is 0 Å². The Balaban J connectivity index is 1.62. The molecule has 2 N–H and O–H groups in total. The Hall–Kier alpha value is -3.58. The summed E-state index contributed by atoms with van der Waals surface area (Å²) in [6.07, 6.45) is 10.0. The fourth-order valence-electron chi connectivity index (χ4n) is 5.67. The standard InChI is InChI=1S/C27H35N5O5/c1-2-15-30-19-24(33)31-22(13-14-25(34)35)26(36)29(17-21-11-7-4-8-12-21)18-23(31)32(30)27(37)28-16-20-9-5-3-6-10-20/h1,3,5-6,9-10,21-23H,4,7-8,11-19H2,(H,28,37)(H,34,35)/t22-,23-/m0/s1. The van der Waals surface area contributed by atoms with Crippen molar-refractivity contribution < 1.29 is 24.3 Å². The number of fused-ring (bicyclic) bond motifs is 1. The average Bonchev–Trinajstić information content (AvgIpc) is 2.89. The lowest BCUT2D eigenvalue weighted by atomic mass is 9.88. The normalized spacial score (nSPS) is 22.9. The summed E-state index contributed by atoms with van der Waals surface area (Å²) in [6.45, 7) is 0.859. The van der Waals surface area contributed by atoms with Crippen LogP contribution in [0.3, 0.4) is 0 Å². The third-order valence-electron chi connectivity index (χ3n) is 7.43. The number of hydrazine groups is 1. The first-order valence-corrected chi connectivity index (χ1v) is 13.0. The van der Waals surface area contributed by atoms with E-state index in [9.17, 15) is 24.3 Å². The second-order valence-electron chi connectivity index (χ2n) is 9.99. The minimum Gasteiger partial charge on any atom is -0.481 e. The molecule has 2 atom stereocenters. The number of terminal acetylenes is 1. The predicted molar refractivity (Wildman–Crippen MR) is 135 cm³/mol. The molecule has 3 aliphatic rings. The average molecular weight is 510 g/mol. The summed E-state index contributed by atoms with van der Waals surface area (Å²) < 4.78 is 0. The molecule has 1 aromatic carbocycles. The molecule has 1 aromatic rings. The van der Waals surface area contributed by atoms with Gasteiger partial charge in [-0.3, -0.25) is 14.4 Å². The number of rotatable bonds is 8. The Morgan fingerprint density at radius 1 is 1.11 bits per heavy atom. The van der Waals surface area contributed by atoms with Crippen molar-refractivity contribution >= 4 is 23.8 Å². The van der Waals surface area contributed by atoms with Crippen LogP contribution in [0.1, 0.15) is 50.5 Å². The summed E-state index contributed by atoms with van der Waals surface area (Å²) in [7, 11) is 0. The van der Waals surface area contributed by atoms with Crippen LogP contribution < -0.4 is 5.32 Å². The fourth-order valence-corrected chi connectivity index (χ4v) is 5.67. The van der Waals surface area contributed by atoms with Crippen LogP contribution >= 0.6 is 0 Å². The molecule has 0 aromatic heterocycles. The van der Waals surface area contributed by atoms with E-state index in [0.29, 0.717) is 12.5 Å². The van der Waals surface area contributed by atoms with Crippen molar-refractivity contribution in [2.24, 2.45) is 5.92 Å². The maximum Gasteiger partial charge on any atom is 0.334 e. The maximum atomic E-state index is 13.6. The van der Waals surface area contributed by atoms with Gasteiger partial charge in [-0.2, -0.15) is 5.01 Å². The topological polar surface area (TPSA) is 114 Å². The zero-order chi connectivity index (χ0) is 26.4. The molecule has 1 saturated carbocycles. The Morgan fingerprint density at radius 3 is 2.51 bits per heavy atom. The summed E-state index contributed by atoms with van der Waals surface area (Å²) in [5, 5.41) is 15.2. The predicted octanol–water partition coefficient (Wildman–Crippen LogP) is 1.87. The van der Waals surface area contributed by atoms with Crippen LogP contribution in [0.5, 0.6) is 0 Å². The van der Waals surface area contributed by atoms with Crippen molar-refractivity contribution in [3.8, 4) is 12.3 Å². The number of piperazine rings is 1. The molecule has 3 fully saturated rings. The van der Waals surface area contributed by atoms with Crippen molar-refractivity contribution in [2.45, 2.75) is 63.7 Å². The van der Waals surface area contributed by atoms with Gasteiger partial charge in [0, 0.05) is 19.5 Å². The number of aliphatic carboxylic acids is 1. The zero-order valence-electron chi connectivity index (χ0n) is 21.1. The van der Waals surface area contributed by atoms with Crippen molar-refractivity contribution in [3.05, 3.63) is 35.9 Å². The van der Waals surface area contributed by atoms with Gasteiger partial charge in [-0.1, -0.05) is 55.5 Å². The number of carbonyl (C=O) groups excluding carboxylic acids is 3. The van der Waals surface area contributed by atoms with Gasteiger partial charge in [0.15, 0.2) is 0 Å². The number of benzene rings is 1.